The van der Waals surface area contributed by atoms with Gasteiger partial charge in [-0.25, -0.2) is 0 Å². The van der Waals surface area contributed by atoms with Gasteiger partial charge in [-0.05, 0) is 24.1 Å². The van der Waals surface area contributed by atoms with E-state index in [1.54, 1.807) is 18.2 Å². The van der Waals surface area contributed by atoms with E-state index in [-0.39, 0.29) is 5.75 Å². The normalized spacial score (nSPS) is 9.75. The van der Waals surface area contributed by atoms with Crippen LogP contribution in [0.5, 0.6) is 5.75 Å². The van der Waals surface area contributed by atoms with Gasteiger partial charge in [0.2, 0.25) is 0 Å². The maximum atomic E-state index is 9.13. The highest BCUT2D eigenvalue weighted by molar-refractivity contribution is 5.83. The van der Waals surface area contributed by atoms with E-state index >= 15 is 0 Å². The van der Waals surface area contributed by atoms with E-state index in [4.69, 9.17) is 10.5 Å². The lowest BCUT2D eigenvalue weighted by Crippen LogP contribution is -1.98. The highest BCUT2D eigenvalue weighted by atomic mass is 16.3. The molecule has 0 amide bonds. The lowest BCUT2D eigenvalue weighted by atomic mass is 10.1. The molecule has 0 saturated carbocycles. The van der Waals surface area contributed by atoms with E-state index in [2.05, 4.69) is 0 Å². The Morgan fingerprint density at radius 2 is 2.25 bits per heavy atom. The van der Waals surface area contributed by atoms with Crippen LogP contribution in [0.1, 0.15) is 18.9 Å². The second kappa shape index (κ2) is 3.90. The molecule has 1 aromatic carbocycles. The minimum atomic E-state index is 0.274. The summed E-state index contributed by atoms with van der Waals surface area (Å²) in [5, 5.41) is 16.6. The van der Waals surface area contributed by atoms with Gasteiger partial charge in [0.1, 0.15) is 5.75 Å². The molecule has 2 heteroatoms. The van der Waals surface area contributed by atoms with Gasteiger partial charge < -0.3 is 10.5 Å². The van der Waals surface area contributed by atoms with Crippen LogP contribution in [-0.4, -0.2) is 10.8 Å². The number of rotatable bonds is 3. The van der Waals surface area contributed by atoms with Crippen molar-refractivity contribution in [1.82, 2.24) is 0 Å². The first-order chi connectivity index (χ1) is 5.72. The predicted molar refractivity (Wildman–Crippen MR) is 49.8 cm³/mol. The Morgan fingerprint density at radius 1 is 1.50 bits per heavy atom. The Kier molecular flexibility index (Phi) is 2.86. The molecule has 0 heterocycles. The summed E-state index contributed by atoms with van der Waals surface area (Å²) < 4.78 is 0. The van der Waals surface area contributed by atoms with Crippen LogP contribution >= 0.6 is 0 Å². The molecule has 0 saturated heterocycles. The maximum Gasteiger partial charge on any atom is 0.115 e. The quantitative estimate of drug-likeness (QED) is 0.660. The van der Waals surface area contributed by atoms with E-state index in [0.29, 0.717) is 12.1 Å². The summed E-state index contributed by atoms with van der Waals surface area (Å²) in [5.74, 6) is 0.274. The van der Waals surface area contributed by atoms with Crippen LogP contribution in [-0.2, 0) is 6.42 Å². The molecule has 0 aliphatic carbocycles. The Hall–Kier alpha value is -1.31. The lowest BCUT2D eigenvalue weighted by molar-refractivity contribution is 0.475. The van der Waals surface area contributed by atoms with Crippen LogP contribution in [0.4, 0.5) is 0 Å². The fourth-order valence-electron chi connectivity index (χ4n) is 1.04. The Bertz CT molecular complexity index is 281. The van der Waals surface area contributed by atoms with Gasteiger partial charge in [-0.1, -0.05) is 19.1 Å². The lowest BCUT2D eigenvalue weighted by Gasteiger charge is -2.01. The van der Waals surface area contributed by atoms with E-state index in [0.717, 1.165) is 12.0 Å². The molecule has 0 radical (unpaired) electrons. The zero-order valence-corrected chi connectivity index (χ0v) is 7.17. The maximum absolute atomic E-state index is 9.13. The fraction of sp³-hybridized carbons (Fsp3) is 0.300. The van der Waals surface area contributed by atoms with Crippen molar-refractivity contribution < 1.29 is 5.11 Å². The fourth-order valence-corrected chi connectivity index (χ4v) is 1.04. The molecule has 0 bridgehead atoms. The van der Waals surface area contributed by atoms with Gasteiger partial charge in [0.25, 0.3) is 0 Å². The van der Waals surface area contributed by atoms with Crippen LogP contribution < -0.4 is 0 Å². The first-order valence-electron chi connectivity index (χ1n) is 4.06. The van der Waals surface area contributed by atoms with Gasteiger partial charge in [0.15, 0.2) is 0 Å². The van der Waals surface area contributed by atoms with Crippen LogP contribution in [0.2, 0.25) is 0 Å². The molecule has 0 unspecified atom stereocenters. The van der Waals surface area contributed by atoms with Gasteiger partial charge in [-0.15, -0.1) is 0 Å². The van der Waals surface area contributed by atoms with E-state index < -0.39 is 0 Å². The van der Waals surface area contributed by atoms with Crippen molar-refractivity contribution in [1.29, 1.82) is 5.41 Å². The van der Waals surface area contributed by atoms with Gasteiger partial charge in [-0.2, -0.15) is 0 Å². The van der Waals surface area contributed by atoms with Crippen LogP contribution in [0.25, 0.3) is 0 Å². The number of nitrogens with one attached hydrogen (secondary N) is 1. The third-order valence-electron chi connectivity index (χ3n) is 1.75. The average Bonchev–Trinajstić information content (AvgIpc) is 2.04. The molecule has 2 nitrogen and oxygen atoms in total. The van der Waals surface area contributed by atoms with Crippen LogP contribution in [0.3, 0.4) is 0 Å². The minimum absolute atomic E-state index is 0.274. The molecular formula is C10H13NO. The molecule has 0 spiro atoms. The van der Waals surface area contributed by atoms with Crippen molar-refractivity contribution in [2.24, 2.45) is 0 Å². The molecule has 0 fully saturated rings. The van der Waals surface area contributed by atoms with Crippen molar-refractivity contribution in [2.75, 3.05) is 0 Å². The minimum Gasteiger partial charge on any atom is -0.508 e. The zero-order chi connectivity index (χ0) is 8.97. The number of phenols is 1. The summed E-state index contributed by atoms with van der Waals surface area (Å²) in [5.41, 5.74) is 1.70. The summed E-state index contributed by atoms with van der Waals surface area (Å²) in [7, 11) is 0. The summed E-state index contributed by atoms with van der Waals surface area (Å²) in [4.78, 5) is 0. The van der Waals surface area contributed by atoms with E-state index in [1.807, 2.05) is 13.0 Å². The standard InChI is InChI=1S/C10H13NO/c1-2-9(11)6-8-4-3-5-10(12)7-8/h3-5,7,11-12H,2,6H2,1H3. The molecular weight excluding hydrogens is 150 g/mol. The monoisotopic (exact) mass is 163 g/mol. The molecule has 0 aromatic heterocycles. The second-order valence-corrected chi connectivity index (χ2v) is 2.80. The highest BCUT2D eigenvalue weighted by Crippen LogP contribution is 2.11. The Morgan fingerprint density at radius 3 is 2.83 bits per heavy atom. The Labute approximate surface area is 72.4 Å². The van der Waals surface area contributed by atoms with Gasteiger partial charge in [0, 0.05) is 12.1 Å². The molecule has 12 heavy (non-hydrogen) atoms. The van der Waals surface area contributed by atoms with Crippen LogP contribution in [0, 0.1) is 5.41 Å². The van der Waals surface area contributed by atoms with Gasteiger partial charge >= 0.3 is 0 Å². The van der Waals surface area contributed by atoms with Crippen molar-refractivity contribution in [3.05, 3.63) is 29.8 Å². The number of hydrogen-bond donors (Lipinski definition) is 2. The SMILES string of the molecule is CCC(=N)Cc1cccc(O)c1. The van der Waals surface area contributed by atoms with Crippen molar-refractivity contribution in [3.8, 4) is 5.75 Å². The molecule has 2 N–H and O–H groups in total. The molecule has 64 valence electrons. The van der Waals surface area contributed by atoms with E-state index in [9.17, 15) is 0 Å². The summed E-state index contributed by atoms with van der Waals surface area (Å²) in [6.07, 6.45) is 1.42. The van der Waals surface area contributed by atoms with Crippen molar-refractivity contribution in [3.63, 3.8) is 0 Å². The largest absolute Gasteiger partial charge is 0.508 e. The molecule has 0 atom stereocenters. The van der Waals surface area contributed by atoms with Crippen molar-refractivity contribution in [2.45, 2.75) is 19.8 Å². The molecule has 1 aromatic rings. The third kappa shape index (κ3) is 2.38. The smallest absolute Gasteiger partial charge is 0.115 e. The predicted octanol–water partition coefficient (Wildman–Crippen LogP) is 2.36. The third-order valence-corrected chi connectivity index (χ3v) is 1.75. The number of hydrogen-bond acceptors (Lipinski definition) is 2. The van der Waals surface area contributed by atoms with E-state index in [1.165, 1.54) is 0 Å². The molecule has 0 aliphatic rings. The average molecular weight is 163 g/mol. The van der Waals surface area contributed by atoms with Gasteiger partial charge in [0.05, 0.1) is 0 Å². The summed E-state index contributed by atoms with van der Waals surface area (Å²) >= 11 is 0. The first-order valence-corrected chi connectivity index (χ1v) is 4.06. The second-order valence-electron chi connectivity index (χ2n) is 2.80. The zero-order valence-electron chi connectivity index (χ0n) is 7.17. The van der Waals surface area contributed by atoms with Crippen molar-refractivity contribution >= 4 is 5.71 Å². The topological polar surface area (TPSA) is 44.1 Å². The highest BCUT2D eigenvalue weighted by Gasteiger charge is 1.97. The molecule has 0 aliphatic heterocycles. The Balaban J connectivity index is 2.69. The number of phenolic OH excluding ortho intramolecular Hbond substituents is 1. The molecule has 1 rings (SSSR count). The van der Waals surface area contributed by atoms with Crippen LogP contribution in [0.15, 0.2) is 24.3 Å². The first kappa shape index (κ1) is 8.78. The summed E-state index contributed by atoms with van der Waals surface area (Å²) in [6.45, 7) is 1.96. The number of benzene rings is 1. The van der Waals surface area contributed by atoms with Gasteiger partial charge in [-0.3, -0.25) is 0 Å². The number of aromatic hydroxyl groups is 1. The summed E-state index contributed by atoms with van der Waals surface area (Å²) in [6, 6.07) is 7.06.